The summed E-state index contributed by atoms with van der Waals surface area (Å²) in [6.07, 6.45) is 0. The third kappa shape index (κ3) is 3.12. The number of nitrogens with one attached hydrogen (secondary N) is 1. The summed E-state index contributed by atoms with van der Waals surface area (Å²) in [5.41, 5.74) is 2.07. The highest BCUT2D eigenvalue weighted by molar-refractivity contribution is 6.34. The number of nitrogen functional groups attached to an aromatic ring is 1. The molecule has 0 aliphatic rings. The van der Waals surface area contributed by atoms with Crippen LogP contribution in [-0.2, 0) is 0 Å². The van der Waals surface area contributed by atoms with E-state index in [1.165, 1.54) is 12.1 Å². The number of hydrogen-bond acceptors (Lipinski definition) is 5. The van der Waals surface area contributed by atoms with Gasteiger partial charge >= 0.3 is 0 Å². The number of nitrogens with zero attached hydrogens (tertiary/aromatic N) is 2. The van der Waals surface area contributed by atoms with Crippen molar-refractivity contribution in [2.24, 2.45) is 5.84 Å². The second-order valence-electron chi connectivity index (χ2n) is 3.73. The lowest BCUT2D eigenvalue weighted by Crippen LogP contribution is -2.30. The van der Waals surface area contributed by atoms with Crippen LogP contribution in [0.5, 0.6) is 0 Å². The minimum atomic E-state index is -0.629. The van der Waals surface area contributed by atoms with E-state index in [0.717, 1.165) is 0 Å². The van der Waals surface area contributed by atoms with Gasteiger partial charge in [-0.25, -0.2) is 5.84 Å². The minimum absolute atomic E-state index is 0.0510. The Morgan fingerprint density at radius 1 is 1.47 bits per heavy atom. The summed E-state index contributed by atoms with van der Waals surface area (Å²) in [6, 6.07) is 2.53. The summed E-state index contributed by atoms with van der Waals surface area (Å²) in [5.74, 6) is 4.38. The van der Waals surface area contributed by atoms with E-state index in [0.29, 0.717) is 18.8 Å². The number of carbonyl (C=O) groups is 1. The molecule has 0 saturated carbocycles. The van der Waals surface area contributed by atoms with Gasteiger partial charge in [0.1, 0.15) is 5.69 Å². The summed E-state index contributed by atoms with van der Waals surface area (Å²) in [6.45, 7) is 4.87. The van der Waals surface area contributed by atoms with Crippen LogP contribution in [0.1, 0.15) is 24.2 Å². The number of halogens is 1. The van der Waals surface area contributed by atoms with Crippen LogP contribution >= 0.6 is 11.6 Å². The molecule has 19 heavy (non-hydrogen) atoms. The summed E-state index contributed by atoms with van der Waals surface area (Å²) in [7, 11) is 0. The number of carbonyl (C=O) groups excluding carboxylic acids is 1. The molecule has 0 bridgehead atoms. The molecule has 1 aromatic rings. The first-order valence-corrected chi connectivity index (χ1v) is 6.07. The maximum absolute atomic E-state index is 11.4. The van der Waals surface area contributed by atoms with Crippen molar-refractivity contribution >= 4 is 28.9 Å². The predicted octanol–water partition coefficient (Wildman–Crippen LogP) is 1.70. The first kappa shape index (κ1) is 15.2. The van der Waals surface area contributed by atoms with E-state index in [-0.39, 0.29) is 16.3 Å². The smallest absolute Gasteiger partial charge is 0.294 e. The molecule has 0 spiro atoms. The standard InChI is InChI=1S/C11H15ClN4O3/c1-3-15(4-2)10-8(12)5-7(11(17)14-13)6-9(10)16(18)19/h5-6H,3-4,13H2,1-2H3,(H,14,17). The second kappa shape index (κ2) is 6.35. The highest BCUT2D eigenvalue weighted by Gasteiger charge is 2.24. The van der Waals surface area contributed by atoms with E-state index in [1.54, 1.807) is 4.90 Å². The number of rotatable bonds is 5. The van der Waals surface area contributed by atoms with Crippen molar-refractivity contribution in [1.29, 1.82) is 0 Å². The molecule has 1 rings (SSSR count). The van der Waals surface area contributed by atoms with E-state index >= 15 is 0 Å². The van der Waals surface area contributed by atoms with Gasteiger partial charge in [0.25, 0.3) is 11.6 Å². The van der Waals surface area contributed by atoms with Gasteiger partial charge in [-0.3, -0.25) is 20.3 Å². The fourth-order valence-corrected chi connectivity index (χ4v) is 2.12. The predicted molar refractivity (Wildman–Crippen MR) is 73.3 cm³/mol. The van der Waals surface area contributed by atoms with Crippen molar-refractivity contribution < 1.29 is 9.72 Å². The van der Waals surface area contributed by atoms with Gasteiger partial charge in [-0.1, -0.05) is 11.6 Å². The highest BCUT2D eigenvalue weighted by Crippen LogP contribution is 2.36. The molecule has 0 aliphatic heterocycles. The number of hydrazine groups is 1. The van der Waals surface area contributed by atoms with E-state index in [1.807, 2.05) is 19.3 Å². The van der Waals surface area contributed by atoms with Crippen LogP contribution in [0.15, 0.2) is 12.1 Å². The quantitative estimate of drug-likeness (QED) is 0.371. The molecule has 0 fully saturated rings. The lowest BCUT2D eigenvalue weighted by atomic mass is 10.1. The van der Waals surface area contributed by atoms with E-state index in [9.17, 15) is 14.9 Å². The molecule has 0 aromatic heterocycles. The summed E-state index contributed by atoms with van der Waals surface area (Å²) in [4.78, 5) is 23.8. The Bertz CT molecular complexity index is 503. The summed E-state index contributed by atoms with van der Waals surface area (Å²) < 4.78 is 0. The number of benzene rings is 1. The first-order valence-electron chi connectivity index (χ1n) is 5.70. The molecule has 1 aromatic carbocycles. The Morgan fingerprint density at radius 2 is 2.05 bits per heavy atom. The third-order valence-electron chi connectivity index (χ3n) is 2.71. The van der Waals surface area contributed by atoms with Gasteiger partial charge in [-0.15, -0.1) is 0 Å². The SMILES string of the molecule is CCN(CC)c1c(Cl)cc(C(=O)NN)cc1[N+](=O)[O-]. The zero-order chi connectivity index (χ0) is 14.6. The Balaban J connectivity index is 3.47. The zero-order valence-corrected chi connectivity index (χ0v) is 11.4. The van der Waals surface area contributed by atoms with Crippen LogP contribution in [-0.4, -0.2) is 23.9 Å². The topological polar surface area (TPSA) is 102 Å². The average molecular weight is 287 g/mol. The molecule has 0 aliphatic carbocycles. The first-order chi connectivity index (χ1) is 8.96. The number of nitrogens with two attached hydrogens (primary N) is 1. The van der Waals surface area contributed by atoms with Crippen molar-refractivity contribution in [3.8, 4) is 0 Å². The Hall–Kier alpha value is -1.86. The molecule has 0 atom stereocenters. The number of amides is 1. The molecular weight excluding hydrogens is 272 g/mol. The number of hydrogen-bond donors (Lipinski definition) is 2. The molecular formula is C11H15ClN4O3. The molecule has 1 amide bonds. The molecule has 0 saturated heterocycles. The fourth-order valence-electron chi connectivity index (χ4n) is 1.79. The van der Waals surface area contributed by atoms with Crippen LogP contribution in [0.4, 0.5) is 11.4 Å². The van der Waals surface area contributed by atoms with Crippen molar-refractivity contribution in [3.63, 3.8) is 0 Å². The largest absolute Gasteiger partial charge is 0.365 e. The highest BCUT2D eigenvalue weighted by atomic mass is 35.5. The molecule has 7 nitrogen and oxygen atoms in total. The number of nitro groups is 1. The van der Waals surface area contributed by atoms with Gasteiger partial charge in [0.15, 0.2) is 0 Å². The number of nitro benzene ring substituents is 1. The minimum Gasteiger partial charge on any atom is -0.365 e. The maximum atomic E-state index is 11.4. The summed E-state index contributed by atoms with van der Waals surface area (Å²) >= 11 is 6.07. The van der Waals surface area contributed by atoms with Crippen LogP contribution in [0.3, 0.4) is 0 Å². The van der Waals surface area contributed by atoms with Crippen molar-refractivity contribution in [1.82, 2.24) is 5.43 Å². The summed E-state index contributed by atoms with van der Waals surface area (Å²) in [5, 5.41) is 11.3. The van der Waals surface area contributed by atoms with Gasteiger partial charge < -0.3 is 4.90 Å². The van der Waals surface area contributed by atoms with Crippen LogP contribution in [0.2, 0.25) is 5.02 Å². The Morgan fingerprint density at radius 3 is 2.47 bits per heavy atom. The lowest BCUT2D eigenvalue weighted by molar-refractivity contribution is -0.384. The van der Waals surface area contributed by atoms with E-state index in [4.69, 9.17) is 17.4 Å². The van der Waals surface area contributed by atoms with Gasteiger partial charge in [0.05, 0.1) is 9.95 Å². The normalized spacial score (nSPS) is 10.1. The molecule has 104 valence electrons. The van der Waals surface area contributed by atoms with Gasteiger partial charge in [0, 0.05) is 24.7 Å². The monoisotopic (exact) mass is 286 g/mol. The van der Waals surface area contributed by atoms with Crippen LogP contribution in [0.25, 0.3) is 0 Å². The van der Waals surface area contributed by atoms with Gasteiger partial charge in [-0.05, 0) is 19.9 Å². The van der Waals surface area contributed by atoms with Crippen LogP contribution < -0.4 is 16.2 Å². The number of anilines is 1. The maximum Gasteiger partial charge on any atom is 0.294 e. The molecule has 0 heterocycles. The molecule has 0 radical (unpaired) electrons. The molecule has 0 unspecified atom stereocenters. The van der Waals surface area contributed by atoms with Crippen molar-refractivity contribution in [2.45, 2.75) is 13.8 Å². The average Bonchev–Trinajstić information content (AvgIpc) is 2.40. The van der Waals surface area contributed by atoms with Gasteiger partial charge in [-0.2, -0.15) is 0 Å². The Labute approximate surface area is 115 Å². The van der Waals surface area contributed by atoms with Gasteiger partial charge in [0.2, 0.25) is 0 Å². The second-order valence-corrected chi connectivity index (χ2v) is 4.14. The molecule has 8 heteroatoms. The lowest BCUT2D eigenvalue weighted by Gasteiger charge is -2.22. The van der Waals surface area contributed by atoms with Crippen molar-refractivity contribution in [3.05, 3.63) is 32.8 Å². The van der Waals surface area contributed by atoms with Crippen LogP contribution in [0, 0.1) is 10.1 Å². The zero-order valence-electron chi connectivity index (χ0n) is 10.6. The Kier molecular flexibility index (Phi) is 5.08. The van der Waals surface area contributed by atoms with E-state index in [2.05, 4.69) is 0 Å². The molecule has 3 N–H and O–H groups in total. The van der Waals surface area contributed by atoms with E-state index < -0.39 is 10.8 Å². The van der Waals surface area contributed by atoms with Crippen molar-refractivity contribution in [2.75, 3.05) is 18.0 Å². The third-order valence-corrected chi connectivity index (χ3v) is 3.00. The fraction of sp³-hybridized carbons (Fsp3) is 0.364.